The standard InChI is InChI=1S/C9H17NS/c1-4-6-9(3)10-7-8-11-5-2/h1,9-10H,5-8H2,2-3H3. The molecule has 0 spiro atoms. The van der Waals surface area contributed by atoms with Crippen LogP contribution in [-0.2, 0) is 0 Å². The summed E-state index contributed by atoms with van der Waals surface area (Å²) in [6, 6.07) is 0.470. The Morgan fingerprint density at radius 2 is 2.36 bits per heavy atom. The Morgan fingerprint density at radius 3 is 2.91 bits per heavy atom. The highest BCUT2D eigenvalue weighted by atomic mass is 32.2. The molecule has 1 unspecified atom stereocenters. The van der Waals surface area contributed by atoms with E-state index in [0.29, 0.717) is 6.04 Å². The highest BCUT2D eigenvalue weighted by Crippen LogP contribution is 1.96. The predicted molar refractivity (Wildman–Crippen MR) is 53.9 cm³/mol. The number of terminal acetylenes is 1. The van der Waals surface area contributed by atoms with Crippen LogP contribution < -0.4 is 5.32 Å². The van der Waals surface area contributed by atoms with Crippen molar-refractivity contribution >= 4 is 11.8 Å². The Hall–Kier alpha value is -0.130. The fourth-order valence-corrected chi connectivity index (χ4v) is 1.32. The summed E-state index contributed by atoms with van der Waals surface area (Å²) in [4.78, 5) is 0. The Labute approximate surface area is 74.3 Å². The summed E-state index contributed by atoms with van der Waals surface area (Å²) in [5.41, 5.74) is 0. The topological polar surface area (TPSA) is 12.0 Å². The minimum absolute atomic E-state index is 0.470. The summed E-state index contributed by atoms with van der Waals surface area (Å²) in [5, 5.41) is 3.36. The summed E-state index contributed by atoms with van der Waals surface area (Å²) in [6.07, 6.45) is 5.99. The van der Waals surface area contributed by atoms with E-state index < -0.39 is 0 Å². The van der Waals surface area contributed by atoms with E-state index in [9.17, 15) is 0 Å². The first kappa shape index (κ1) is 10.9. The third kappa shape index (κ3) is 7.77. The van der Waals surface area contributed by atoms with Gasteiger partial charge in [-0.05, 0) is 12.7 Å². The van der Waals surface area contributed by atoms with Crippen LogP contribution in [0.25, 0.3) is 0 Å². The van der Waals surface area contributed by atoms with E-state index >= 15 is 0 Å². The minimum Gasteiger partial charge on any atom is -0.312 e. The van der Waals surface area contributed by atoms with Gasteiger partial charge in [-0.3, -0.25) is 0 Å². The molecular formula is C9H17NS. The first-order valence-electron chi connectivity index (χ1n) is 4.05. The largest absolute Gasteiger partial charge is 0.312 e. The second-order valence-electron chi connectivity index (χ2n) is 2.46. The lowest BCUT2D eigenvalue weighted by atomic mass is 10.2. The molecule has 64 valence electrons. The SMILES string of the molecule is C#CCC(C)NCCSCC. The summed E-state index contributed by atoms with van der Waals surface area (Å²) < 4.78 is 0. The van der Waals surface area contributed by atoms with Gasteiger partial charge in [0, 0.05) is 24.8 Å². The van der Waals surface area contributed by atoms with E-state index in [2.05, 4.69) is 25.1 Å². The number of rotatable bonds is 6. The number of hydrogen-bond donors (Lipinski definition) is 1. The molecule has 0 aromatic carbocycles. The summed E-state index contributed by atoms with van der Waals surface area (Å²) >= 11 is 1.95. The molecule has 0 saturated carbocycles. The van der Waals surface area contributed by atoms with Crippen LogP contribution in [0.2, 0.25) is 0 Å². The number of thioether (sulfide) groups is 1. The van der Waals surface area contributed by atoms with E-state index in [-0.39, 0.29) is 0 Å². The van der Waals surface area contributed by atoms with Crippen molar-refractivity contribution in [2.24, 2.45) is 0 Å². The van der Waals surface area contributed by atoms with Gasteiger partial charge in [0.2, 0.25) is 0 Å². The van der Waals surface area contributed by atoms with Gasteiger partial charge < -0.3 is 5.32 Å². The zero-order valence-electron chi connectivity index (χ0n) is 7.39. The number of nitrogens with one attached hydrogen (secondary N) is 1. The molecule has 1 nitrogen and oxygen atoms in total. The van der Waals surface area contributed by atoms with Gasteiger partial charge in [-0.25, -0.2) is 0 Å². The second kappa shape index (κ2) is 7.97. The number of hydrogen-bond acceptors (Lipinski definition) is 2. The summed E-state index contributed by atoms with van der Waals surface area (Å²) in [7, 11) is 0. The van der Waals surface area contributed by atoms with Crippen LogP contribution in [0.1, 0.15) is 20.3 Å². The summed E-state index contributed by atoms with van der Waals surface area (Å²) in [5.74, 6) is 5.02. The third-order valence-electron chi connectivity index (χ3n) is 1.37. The van der Waals surface area contributed by atoms with Gasteiger partial charge in [0.05, 0.1) is 0 Å². The predicted octanol–water partition coefficient (Wildman–Crippen LogP) is 1.74. The monoisotopic (exact) mass is 171 g/mol. The van der Waals surface area contributed by atoms with Gasteiger partial charge >= 0.3 is 0 Å². The van der Waals surface area contributed by atoms with Gasteiger partial charge in [0.15, 0.2) is 0 Å². The second-order valence-corrected chi connectivity index (χ2v) is 3.85. The molecule has 0 aliphatic carbocycles. The molecule has 1 N–H and O–H groups in total. The zero-order chi connectivity index (χ0) is 8.53. The molecule has 11 heavy (non-hydrogen) atoms. The van der Waals surface area contributed by atoms with Crippen molar-refractivity contribution in [2.75, 3.05) is 18.1 Å². The van der Waals surface area contributed by atoms with Gasteiger partial charge in [-0.15, -0.1) is 12.3 Å². The smallest absolute Gasteiger partial charge is 0.0238 e. The lowest BCUT2D eigenvalue weighted by Crippen LogP contribution is -2.27. The van der Waals surface area contributed by atoms with Crippen LogP contribution in [0.5, 0.6) is 0 Å². The van der Waals surface area contributed by atoms with Crippen LogP contribution in [0.15, 0.2) is 0 Å². The van der Waals surface area contributed by atoms with Crippen LogP contribution >= 0.6 is 11.8 Å². The van der Waals surface area contributed by atoms with E-state index in [4.69, 9.17) is 6.42 Å². The van der Waals surface area contributed by atoms with E-state index in [1.54, 1.807) is 0 Å². The lowest BCUT2D eigenvalue weighted by Gasteiger charge is -2.09. The molecule has 0 aliphatic heterocycles. The molecule has 0 aromatic heterocycles. The van der Waals surface area contributed by atoms with Crippen molar-refractivity contribution in [1.29, 1.82) is 0 Å². The van der Waals surface area contributed by atoms with Gasteiger partial charge in [0.1, 0.15) is 0 Å². The van der Waals surface area contributed by atoms with Crippen molar-refractivity contribution in [3.8, 4) is 12.3 Å². The van der Waals surface area contributed by atoms with Crippen LogP contribution in [0.4, 0.5) is 0 Å². The van der Waals surface area contributed by atoms with Crippen LogP contribution in [0.3, 0.4) is 0 Å². The maximum absolute atomic E-state index is 5.16. The van der Waals surface area contributed by atoms with Crippen molar-refractivity contribution in [3.63, 3.8) is 0 Å². The molecule has 0 aromatic rings. The molecule has 0 heterocycles. The molecule has 1 atom stereocenters. The quantitative estimate of drug-likeness (QED) is 0.482. The Kier molecular flexibility index (Phi) is 7.88. The molecule has 0 saturated heterocycles. The molecule has 0 bridgehead atoms. The van der Waals surface area contributed by atoms with Crippen molar-refractivity contribution in [3.05, 3.63) is 0 Å². The van der Waals surface area contributed by atoms with Gasteiger partial charge in [-0.2, -0.15) is 11.8 Å². The summed E-state index contributed by atoms with van der Waals surface area (Å²) in [6.45, 7) is 5.37. The Morgan fingerprint density at radius 1 is 1.64 bits per heavy atom. The average Bonchev–Trinajstić information content (AvgIpc) is 1.99. The molecule has 0 aliphatic rings. The third-order valence-corrected chi connectivity index (χ3v) is 2.27. The fourth-order valence-electron chi connectivity index (χ4n) is 0.771. The molecular weight excluding hydrogens is 154 g/mol. The van der Waals surface area contributed by atoms with E-state index in [1.165, 1.54) is 11.5 Å². The highest BCUT2D eigenvalue weighted by molar-refractivity contribution is 7.99. The zero-order valence-corrected chi connectivity index (χ0v) is 8.21. The normalized spacial score (nSPS) is 12.5. The fraction of sp³-hybridized carbons (Fsp3) is 0.778. The van der Waals surface area contributed by atoms with Crippen molar-refractivity contribution < 1.29 is 0 Å². The van der Waals surface area contributed by atoms with E-state index in [1.807, 2.05) is 11.8 Å². The average molecular weight is 171 g/mol. The maximum Gasteiger partial charge on any atom is 0.0238 e. The Bertz CT molecular complexity index is 117. The minimum atomic E-state index is 0.470. The van der Waals surface area contributed by atoms with Crippen LogP contribution in [-0.4, -0.2) is 24.1 Å². The first-order valence-corrected chi connectivity index (χ1v) is 5.21. The van der Waals surface area contributed by atoms with Gasteiger partial charge in [-0.1, -0.05) is 6.92 Å². The molecule has 0 amide bonds. The van der Waals surface area contributed by atoms with E-state index in [0.717, 1.165) is 13.0 Å². The van der Waals surface area contributed by atoms with Crippen molar-refractivity contribution in [2.45, 2.75) is 26.3 Å². The van der Waals surface area contributed by atoms with Crippen molar-refractivity contribution in [1.82, 2.24) is 5.32 Å². The maximum atomic E-state index is 5.16. The first-order chi connectivity index (χ1) is 5.31. The van der Waals surface area contributed by atoms with Crippen LogP contribution in [0, 0.1) is 12.3 Å². The molecule has 0 fully saturated rings. The highest BCUT2D eigenvalue weighted by Gasteiger charge is 1.96. The van der Waals surface area contributed by atoms with Gasteiger partial charge in [0.25, 0.3) is 0 Å². The Balaban J connectivity index is 3.05. The molecule has 0 rings (SSSR count). The lowest BCUT2D eigenvalue weighted by molar-refractivity contribution is 0.583. The molecule has 0 radical (unpaired) electrons. The molecule has 2 heteroatoms.